The summed E-state index contributed by atoms with van der Waals surface area (Å²) in [4.78, 5) is 29.6. The highest BCUT2D eigenvalue weighted by atomic mass is 16.2. The van der Waals surface area contributed by atoms with E-state index < -0.39 is 0 Å². The van der Waals surface area contributed by atoms with Crippen molar-refractivity contribution >= 4 is 17.8 Å². The minimum absolute atomic E-state index is 0.153. The summed E-state index contributed by atoms with van der Waals surface area (Å²) in [6.45, 7) is 12.7. The van der Waals surface area contributed by atoms with Crippen LogP contribution >= 0.6 is 0 Å². The smallest absolute Gasteiger partial charge is 0.225 e. The second-order valence-electron chi connectivity index (χ2n) is 7.10. The first-order chi connectivity index (χ1) is 13.0. The fourth-order valence-electron chi connectivity index (χ4n) is 2.73. The maximum Gasteiger partial charge on any atom is 0.225 e. The number of amides is 1. The quantitative estimate of drug-likeness (QED) is 0.549. The Balaban J connectivity index is 1.78. The Morgan fingerprint density at radius 2 is 1.85 bits per heavy atom. The summed E-state index contributed by atoms with van der Waals surface area (Å²) in [5, 5.41) is 6.63. The van der Waals surface area contributed by atoms with Gasteiger partial charge in [-0.3, -0.25) is 9.79 Å². The Morgan fingerprint density at radius 3 is 2.44 bits per heavy atom. The molecule has 0 spiro atoms. The third kappa shape index (κ3) is 6.69. The van der Waals surface area contributed by atoms with Gasteiger partial charge in [-0.25, -0.2) is 9.97 Å². The molecule has 0 radical (unpaired) electrons. The maximum absolute atomic E-state index is 12.5. The number of carbonyl (C=O) groups excluding carboxylic acids is 1. The fourth-order valence-corrected chi connectivity index (χ4v) is 2.73. The fraction of sp³-hybridized carbons (Fsp3) is 0.684. The van der Waals surface area contributed by atoms with Crippen LogP contribution in [0.5, 0.6) is 0 Å². The standard InChI is InChI=1S/C19H33N7O/c1-5-20-18(24-16(4)15(2)3)21-10-7-17(27)25-11-13-26(14-12-25)19-22-8-6-9-23-19/h6,8-9,15-16H,5,7,10-14H2,1-4H3,(H2,20,21,24). The minimum atomic E-state index is 0.153. The molecule has 0 saturated carbocycles. The van der Waals surface area contributed by atoms with Gasteiger partial charge in [0.05, 0.1) is 6.54 Å². The van der Waals surface area contributed by atoms with Crippen LogP contribution in [0.15, 0.2) is 23.5 Å². The molecule has 1 saturated heterocycles. The third-order valence-corrected chi connectivity index (χ3v) is 4.77. The number of nitrogens with one attached hydrogen (secondary N) is 2. The van der Waals surface area contributed by atoms with Gasteiger partial charge in [0.2, 0.25) is 11.9 Å². The first kappa shape index (κ1) is 20.9. The van der Waals surface area contributed by atoms with Gasteiger partial charge in [0.1, 0.15) is 0 Å². The van der Waals surface area contributed by atoms with Gasteiger partial charge in [-0.05, 0) is 25.8 Å². The van der Waals surface area contributed by atoms with Crippen molar-refractivity contribution in [3.05, 3.63) is 18.5 Å². The summed E-state index contributed by atoms with van der Waals surface area (Å²) in [6, 6.07) is 2.13. The zero-order chi connectivity index (χ0) is 19.6. The number of piperazine rings is 1. The van der Waals surface area contributed by atoms with E-state index in [0.29, 0.717) is 38.0 Å². The largest absolute Gasteiger partial charge is 0.357 e. The lowest BCUT2D eigenvalue weighted by molar-refractivity contribution is -0.131. The van der Waals surface area contributed by atoms with Gasteiger partial charge in [-0.15, -0.1) is 0 Å². The van der Waals surface area contributed by atoms with Crippen LogP contribution in [0.4, 0.5) is 5.95 Å². The molecule has 0 aromatic carbocycles. The number of aliphatic imine (C=N–C) groups is 1. The van der Waals surface area contributed by atoms with Gasteiger partial charge in [-0.1, -0.05) is 13.8 Å². The highest BCUT2D eigenvalue weighted by molar-refractivity contribution is 5.81. The zero-order valence-corrected chi connectivity index (χ0v) is 17.0. The summed E-state index contributed by atoms with van der Waals surface area (Å²) >= 11 is 0. The van der Waals surface area contributed by atoms with Crippen molar-refractivity contribution < 1.29 is 4.79 Å². The molecular formula is C19H33N7O. The summed E-state index contributed by atoms with van der Waals surface area (Å²) in [6.07, 6.45) is 3.91. The molecule has 0 bridgehead atoms. The molecule has 1 fully saturated rings. The number of guanidine groups is 1. The Labute approximate surface area is 162 Å². The molecule has 1 atom stereocenters. The predicted molar refractivity (Wildman–Crippen MR) is 109 cm³/mol. The van der Waals surface area contributed by atoms with Crippen molar-refractivity contribution in [3.8, 4) is 0 Å². The van der Waals surface area contributed by atoms with Gasteiger partial charge in [0.25, 0.3) is 0 Å². The monoisotopic (exact) mass is 375 g/mol. The Hall–Kier alpha value is -2.38. The van der Waals surface area contributed by atoms with Crippen LogP contribution < -0.4 is 15.5 Å². The van der Waals surface area contributed by atoms with E-state index in [1.54, 1.807) is 12.4 Å². The first-order valence-electron chi connectivity index (χ1n) is 9.85. The molecule has 1 aromatic heterocycles. The van der Waals surface area contributed by atoms with E-state index in [1.807, 2.05) is 17.9 Å². The van der Waals surface area contributed by atoms with Crippen LogP contribution in [0.3, 0.4) is 0 Å². The Bertz CT molecular complexity index is 597. The second-order valence-corrected chi connectivity index (χ2v) is 7.10. The highest BCUT2D eigenvalue weighted by Gasteiger charge is 2.22. The van der Waals surface area contributed by atoms with Crippen LogP contribution in [0.1, 0.15) is 34.1 Å². The summed E-state index contributed by atoms with van der Waals surface area (Å²) in [5.41, 5.74) is 0. The third-order valence-electron chi connectivity index (χ3n) is 4.77. The number of hydrogen-bond donors (Lipinski definition) is 2. The second kappa shape index (κ2) is 10.7. The van der Waals surface area contributed by atoms with Gasteiger partial charge >= 0.3 is 0 Å². The van der Waals surface area contributed by atoms with Crippen LogP contribution in [-0.4, -0.2) is 72.0 Å². The van der Waals surface area contributed by atoms with Crippen LogP contribution in [0.25, 0.3) is 0 Å². The average Bonchev–Trinajstić information content (AvgIpc) is 2.68. The SMILES string of the molecule is CCNC(=NCCC(=O)N1CCN(c2ncccn2)CC1)NC(C)C(C)C. The summed E-state index contributed by atoms with van der Waals surface area (Å²) in [7, 11) is 0. The lowest BCUT2D eigenvalue weighted by Gasteiger charge is -2.34. The number of hydrogen-bond acceptors (Lipinski definition) is 5. The molecular weight excluding hydrogens is 342 g/mol. The van der Waals surface area contributed by atoms with E-state index in [9.17, 15) is 4.79 Å². The molecule has 1 aliphatic heterocycles. The first-order valence-corrected chi connectivity index (χ1v) is 9.85. The molecule has 2 rings (SSSR count). The molecule has 27 heavy (non-hydrogen) atoms. The topological polar surface area (TPSA) is 85.8 Å². The van der Waals surface area contributed by atoms with Crippen LogP contribution in [0, 0.1) is 5.92 Å². The lowest BCUT2D eigenvalue weighted by atomic mass is 10.1. The average molecular weight is 376 g/mol. The van der Waals surface area contributed by atoms with E-state index >= 15 is 0 Å². The number of nitrogens with zero attached hydrogens (tertiary/aromatic N) is 5. The number of anilines is 1. The van der Waals surface area contributed by atoms with E-state index in [1.165, 1.54) is 0 Å². The van der Waals surface area contributed by atoms with Crippen molar-refractivity contribution in [1.82, 2.24) is 25.5 Å². The molecule has 8 heteroatoms. The Morgan fingerprint density at radius 1 is 1.19 bits per heavy atom. The predicted octanol–water partition coefficient (Wildman–Crippen LogP) is 1.11. The van der Waals surface area contributed by atoms with Gasteiger partial charge in [0, 0.05) is 57.6 Å². The van der Waals surface area contributed by atoms with E-state index in [0.717, 1.165) is 31.5 Å². The minimum Gasteiger partial charge on any atom is -0.357 e. The molecule has 1 unspecified atom stereocenters. The van der Waals surface area contributed by atoms with E-state index in [2.05, 4.69) is 51.3 Å². The van der Waals surface area contributed by atoms with Gasteiger partial charge in [0.15, 0.2) is 5.96 Å². The molecule has 1 aliphatic rings. The van der Waals surface area contributed by atoms with Gasteiger partial charge in [-0.2, -0.15) is 0 Å². The summed E-state index contributed by atoms with van der Waals surface area (Å²) < 4.78 is 0. The molecule has 150 valence electrons. The maximum atomic E-state index is 12.5. The number of carbonyl (C=O) groups is 1. The van der Waals surface area contributed by atoms with Crippen molar-refractivity contribution in [2.75, 3.05) is 44.2 Å². The van der Waals surface area contributed by atoms with E-state index in [-0.39, 0.29) is 5.91 Å². The molecule has 2 N–H and O–H groups in total. The Kier molecular flexibility index (Phi) is 8.29. The normalized spacial score (nSPS) is 16.4. The molecule has 1 aromatic rings. The molecule has 1 amide bonds. The van der Waals surface area contributed by atoms with Crippen LogP contribution in [-0.2, 0) is 4.79 Å². The molecule has 0 aliphatic carbocycles. The van der Waals surface area contributed by atoms with Crippen molar-refractivity contribution in [3.63, 3.8) is 0 Å². The van der Waals surface area contributed by atoms with Crippen molar-refractivity contribution in [1.29, 1.82) is 0 Å². The van der Waals surface area contributed by atoms with Gasteiger partial charge < -0.3 is 20.4 Å². The molecule has 8 nitrogen and oxygen atoms in total. The zero-order valence-electron chi connectivity index (χ0n) is 17.0. The van der Waals surface area contributed by atoms with Crippen LogP contribution in [0.2, 0.25) is 0 Å². The van der Waals surface area contributed by atoms with E-state index in [4.69, 9.17) is 0 Å². The van der Waals surface area contributed by atoms with Crippen molar-refractivity contribution in [2.24, 2.45) is 10.9 Å². The molecule has 2 heterocycles. The highest BCUT2D eigenvalue weighted by Crippen LogP contribution is 2.10. The number of rotatable bonds is 7. The summed E-state index contributed by atoms with van der Waals surface area (Å²) in [5.74, 6) is 2.17. The lowest BCUT2D eigenvalue weighted by Crippen LogP contribution is -2.49. The number of aromatic nitrogens is 2. The van der Waals surface area contributed by atoms with Crippen molar-refractivity contribution in [2.45, 2.75) is 40.2 Å².